The van der Waals surface area contributed by atoms with E-state index in [1.165, 1.54) is 29.2 Å². The molecule has 168 valence electrons. The van der Waals surface area contributed by atoms with Crippen LogP contribution in [0.3, 0.4) is 0 Å². The van der Waals surface area contributed by atoms with Crippen LogP contribution >= 0.6 is 22.6 Å². The fraction of sp³-hybridized carbons (Fsp3) is 0.160. The van der Waals surface area contributed by atoms with Crippen molar-refractivity contribution in [3.8, 4) is 17.2 Å². The molecule has 0 radical (unpaired) electrons. The molecule has 0 atom stereocenters. The predicted octanol–water partition coefficient (Wildman–Crippen LogP) is 5.01. The lowest BCUT2D eigenvalue weighted by atomic mass is 9.92. The summed E-state index contributed by atoms with van der Waals surface area (Å²) < 4.78 is 15.5. The van der Waals surface area contributed by atoms with Gasteiger partial charge in [-0.2, -0.15) is 10.4 Å². The van der Waals surface area contributed by atoms with Gasteiger partial charge in [0.05, 0.1) is 34.4 Å². The molecule has 1 aliphatic carbocycles. The number of nitrogens with zero attached hydrogens (tertiary/aromatic N) is 4. The SMILES string of the molecule is N#CC1(c2ccc(-c3c(C(=O)Nc4cnn(CC(=O)I)c4)cnc4ccc(F)cc34)cc2)CC1. The van der Waals surface area contributed by atoms with Crippen LogP contribution in [0.2, 0.25) is 0 Å². The number of pyridine rings is 1. The van der Waals surface area contributed by atoms with Gasteiger partial charge in [0.1, 0.15) is 12.4 Å². The third-order valence-corrected chi connectivity index (χ3v) is 6.28. The Hall–Kier alpha value is -3.65. The first kappa shape index (κ1) is 22.2. The third-order valence-electron chi connectivity index (χ3n) is 5.94. The van der Waals surface area contributed by atoms with E-state index in [0.29, 0.717) is 27.7 Å². The van der Waals surface area contributed by atoms with Crippen molar-refractivity contribution in [2.75, 3.05) is 5.32 Å². The molecule has 34 heavy (non-hydrogen) atoms. The van der Waals surface area contributed by atoms with Crippen LogP contribution in [0.1, 0.15) is 28.8 Å². The Morgan fingerprint density at radius 3 is 2.62 bits per heavy atom. The van der Waals surface area contributed by atoms with Crippen molar-refractivity contribution in [1.82, 2.24) is 14.8 Å². The highest BCUT2D eigenvalue weighted by Crippen LogP contribution is 2.48. The molecule has 1 aliphatic rings. The number of nitrogens with one attached hydrogen (secondary N) is 1. The number of carbonyl (C=O) groups is 2. The molecular weight excluding hydrogens is 548 g/mol. The normalized spacial score (nSPS) is 13.9. The average Bonchev–Trinajstić information content (AvgIpc) is 3.52. The number of fused-ring (bicyclic) bond motifs is 1. The lowest BCUT2D eigenvalue weighted by Gasteiger charge is -2.14. The minimum Gasteiger partial charge on any atom is -0.319 e. The molecule has 5 rings (SSSR count). The highest BCUT2D eigenvalue weighted by Gasteiger charge is 2.44. The van der Waals surface area contributed by atoms with Gasteiger partial charge in [-0.25, -0.2) is 4.39 Å². The van der Waals surface area contributed by atoms with Gasteiger partial charge >= 0.3 is 0 Å². The van der Waals surface area contributed by atoms with Crippen LogP contribution in [-0.2, 0) is 16.8 Å². The Labute approximate surface area is 207 Å². The van der Waals surface area contributed by atoms with Crippen LogP contribution < -0.4 is 5.32 Å². The lowest BCUT2D eigenvalue weighted by Crippen LogP contribution is -2.14. The van der Waals surface area contributed by atoms with Crippen molar-refractivity contribution >= 4 is 48.9 Å². The van der Waals surface area contributed by atoms with Crippen molar-refractivity contribution in [3.05, 3.63) is 78.0 Å². The maximum absolute atomic E-state index is 14.2. The van der Waals surface area contributed by atoms with E-state index >= 15 is 0 Å². The maximum atomic E-state index is 14.2. The molecule has 0 saturated heterocycles. The fourth-order valence-electron chi connectivity index (χ4n) is 4.03. The highest BCUT2D eigenvalue weighted by atomic mass is 127. The molecule has 0 bridgehead atoms. The first-order chi connectivity index (χ1) is 16.4. The van der Waals surface area contributed by atoms with Crippen LogP contribution in [0.4, 0.5) is 10.1 Å². The van der Waals surface area contributed by atoms with E-state index < -0.39 is 17.1 Å². The summed E-state index contributed by atoms with van der Waals surface area (Å²) in [6.45, 7) is 0.0923. The molecule has 0 spiro atoms. The van der Waals surface area contributed by atoms with E-state index in [4.69, 9.17) is 0 Å². The van der Waals surface area contributed by atoms with Gasteiger partial charge in [0, 0.05) is 45.9 Å². The standard InChI is InChI=1S/C25H17FIN5O2/c26-17-5-6-21-19(9-17)23(15-1-3-16(4-2-15)25(14-28)7-8-25)20(11-29-21)24(34)31-18-10-30-32(12-18)13-22(27)33/h1-6,9-12H,7-8,13H2,(H,31,34). The quantitative estimate of drug-likeness (QED) is 0.262. The number of hydrogen-bond acceptors (Lipinski definition) is 5. The third kappa shape index (κ3) is 4.17. The molecule has 1 amide bonds. The molecule has 0 aliphatic heterocycles. The van der Waals surface area contributed by atoms with E-state index in [-0.39, 0.29) is 15.9 Å². The van der Waals surface area contributed by atoms with Gasteiger partial charge in [0.15, 0.2) is 0 Å². The van der Waals surface area contributed by atoms with E-state index in [2.05, 4.69) is 21.5 Å². The first-order valence-electron chi connectivity index (χ1n) is 10.5. The van der Waals surface area contributed by atoms with Gasteiger partial charge in [-0.15, -0.1) is 0 Å². The number of carbonyl (C=O) groups excluding carboxylic acids is 2. The molecule has 2 heterocycles. The topological polar surface area (TPSA) is 101 Å². The Morgan fingerprint density at radius 2 is 1.94 bits per heavy atom. The van der Waals surface area contributed by atoms with Crippen molar-refractivity contribution in [2.45, 2.75) is 24.8 Å². The number of hydrogen-bond donors (Lipinski definition) is 1. The summed E-state index contributed by atoms with van der Waals surface area (Å²) >= 11 is 1.68. The van der Waals surface area contributed by atoms with Gasteiger partial charge in [0.2, 0.25) is 3.79 Å². The van der Waals surface area contributed by atoms with Gasteiger partial charge in [-0.3, -0.25) is 19.3 Å². The number of halogens is 2. The summed E-state index contributed by atoms with van der Waals surface area (Å²) in [7, 11) is 0. The number of nitriles is 1. The van der Waals surface area contributed by atoms with E-state index in [1.807, 2.05) is 24.3 Å². The zero-order valence-electron chi connectivity index (χ0n) is 17.8. The average molecular weight is 565 g/mol. The van der Waals surface area contributed by atoms with Crippen LogP contribution in [0.15, 0.2) is 61.1 Å². The molecule has 1 N–H and O–H groups in total. The monoisotopic (exact) mass is 565 g/mol. The van der Waals surface area contributed by atoms with Gasteiger partial charge in [0.25, 0.3) is 5.91 Å². The summed E-state index contributed by atoms with van der Waals surface area (Å²) in [6.07, 6.45) is 6.15. The van der Waals surface area contributed by atoms with Crippen LogP contribution in [0.25, 0.3) is 22.0 Å². The number of aromatic nitrogens is 3. The molecule has 4 aromatic rings. The molecule has 9 heteroatoms. The van der Waals surface area contributed by atoms with Gasteiger partial charge < -0.3 is 5.32 Å². The van der Waals surface area contributed by atoms with E-state index in [9.17, 15) is 19.2 Å². The second kappa shape index (κ2) is 8.61. The molecule has 0 unspecified atom stereocenters. The van der Waals surface area contributed by atoms with Crippen LogP contribution in [0, 0.1) is 17.1 Å². The molecule has 2 aromatic heterocycles. The van der Waals surface area contributed by atoms with E-state index in [1.54, 1.807) is 34.9 Å². The van der Waals surface area contributed by atoms with Gasteiger partial charge in [-0.05, 0) is 42.2 Å². The van der Waals surface area contributed by atoms with Crippen molar-refractivity contribution in [2.24, 2.45) is 0 Å². The largest absolute Gasteiger partial charge is 0.319 e. The molecule has 7 nitrogen and oxygen atoms in total. The number of rotatable bonds is 6. The smallest absolute Gasteiger partial charge is 0.257 e. The van der Waals surface area contributed by atoms with E-state index in [0.717, 1.165) is 18.4 Å². The van der Waals surface area contributed by atoms with Crippen molar-refractivity contribution in [1.29, 1.82) is 5.26 Å². The number of benzene rings is 2. The highest BCUT2D eigenvalue weighted by molar-refractivity contribution is 14.1. The fourth-order valence-corrected chi connectivity index (χ4v) is 4.38. The zero-order valence-corrected chi connectivity index (χ0v) is 19.9. The zero-order chi connectivity index (χ0) is 23.9. The minimum atomic E-state index is -0.436. The Bertz CT molecular complexity index is 1490. The minimum absolute atomic E-state index is 0.0885. The summed E-state index contributed by atoms with van der Waals surface area (Å²) in [4.78, 5) is 28.9. The van der Waals surface area contributed by atoms with Crippen molar-refractivity contribution in [3.63, 3.8) is 0 Å². The summed E-state index contributed by atoms with van der Waals surface area (Å²) in [6, 6.07) is 14.1. The Morgan fingerprint density at radius 1 is 1.18 bits per heavy atom. The van der Waals surface area contributed by atoms with Crippen LogP contribution in [0.5, 0.6) is 0 Å². The predicted molar refractivity (Wildman–Crippen MR) is 133 cm³/mol. The summed E-state index contributed by atoms with van der Waals surface area (Å²) in [5.74, 6) is -0.871. The number of amides is 1. The molecular formula is C25H17FIN5O2. The first-order valence-corrected chi connectivity index (χ1v) is 11.6. The number of anilines is 1. The Balaban J connectivity index is 1.56. The molecule has 1 saturated carbocycles. The summed E-state index contributed by atoms with van der Waals surface area (Å²) in [5.41, 5.74) is 3.02. The lowest BCUT2D eigenvalue weighted by molar-refractivity contribution is -0.110. The maximum Gasteiger partial charge on any atom is 0.257 e. The second-order valence-corrected chi connectivity index (χ2v) is 9.42. The summed E-state index contributed by atoms with van der Waals surface area (Å²) in [5, 5.41) is 16.9. The Kier molecular flexibility index (Phi) is 5.61. The van der Waals surface area contributed by atoms with Gasteiger partial charge in [-0.1, -0.05) is 24.3 Å². The molecule has 2 aromatic carbocycles. The van der Waals surface area contributed by atoms with Crippen LogP contribution in [-0.4, -0.2) is 24.5 Å². The van der Waals surface area contributed by atoms with Crippen molar-refractivity contribution < 1.29 is 14.0 Å². The molecule has 1 fully saturated rings. The second-order valence-electron chi connectivity index (χ2n) is 8.22.